The molecule has 0 bridgehead atoms. The van der Waals surface area contributed by atoms with Crippen molar-refractivity contribution in [2.45, 2.75) is 10.8 Å². The van der Waals surface area contributed by atoms with Gasteiger partial charge in [-0.25, -0.2) is 18.1 Å². The van der Waals surface area contributed by atoms with Crippen LogP contribution < -0.4 is 10.5 Å². The second-order valence-electron chi connectivity index (χ2n) is 2.93. The Kier molecular flexibility index (Phi) is 3.24. The lowest BCUT2D eigenvalue weighted by molar-refractivity contribution is 0.583. The zero-order chi connectivity index (χ0) is 11.6. The van der Waals surface area contributed by atoms with Gasteiger partial charge in [0, 0.05) is 5.38 Å². The summed E-state index contributed by atoms with van der Waals surface area (Å²) in [5, 5.41) is 3.88. The molecule has 2 rings (SSSR count). The largest absolute Gasteiger partial charge is 0.375 e. The van der Waals surface area contributed by atoms with Gasteiger partial charge < -0.3 is 5.73 Å². The number of anilines is 1. The molecule has 0 radical (unpaired) electrons. The van der Waals surface area contributed by atoms with Crippen molar-refractivity contribution < 1.29 is 8.42 Å². The molecular weight excluding hydrogens is 266 g/mol. The summed E-state index contributed by atoms with van der Waals surface area (Å²) in [7, 11) is -3.41. The fourth-order valence-electron chi connectivity index (χ4n) is 1.06. The van der Waals surface area contributed by atoms with Crippen molar-refractivity contribution in [2.24, 2.45) is 0 Å². The lowest BCUT2D eigenvalue weighted by atomic mass is 10.5. The number of aromatic nitrogens is 1. The van der Waals surface area contributed by atoms with E-state index in [9.17, 15) is 8.42 Å². The zero-order valence-corrected chi connectivity index (χ0v) is 10.5. The number of rotatable bonds is 4. The maximum atomic E-state index is 11.7. The van der Waals surface area contributed by atoms with Crippen molar-refractivity contribution in [3.05, 3.63) is 28.6 Å². The first-order chi connectivity index (χ1) is 7.58. The maximum Gasteiger partial charge on any atom is 0.250 e. The number of hydrogen-bond acceptors (Lipinski definition) is 6. The molecule has 0 unspecified atom stereocenters. The van der Waals surface area contributed by atoms with Gasteiger partial charge in [0.05, 0.1) is 12.2 Å². The Morgan fingerprint density at radius 1 is 1.44 bits per heavy atom. The highest BCUT2D eigenvalue weighted by molar-refractivity contribution is 7.91. The monoisotopic (exact) mass is 275 g/mol. The summed E-state index contributed by atoms with van der Waals surface area (Å²) in [5.41, 5.74) is 6.07. The highest BCUT2D eigenvalue weighted by Crippen LogP contribution is 2.16. The van der Waals surface area contributed by atoms with E-state index in [2.05, 4.69) is 9.71 Å². The van der Waals surface area contributed by atoms with Gasteiger partial charge in [0.1, 0.15) is 4.21 Å². The SMILES string of the molecule is Nc1nc(CNS(=O)(=O)c2cccs2)cs1. The van der Waals surface area contributed by atoms with Gasteiger partial charge in [0.25, 0.3) is 0 Å². The number of thiophene rings is 1. The van der Waals surface area contributed by atoms with Gasteiger partial charge in [-0.15, -0.1) is 22.7 Å². The predicted octanol–water partition coefficient (Wildman–Crippen LogP) is 1.27. The zero-order valence-electron chi connectivity index (χ0n) is 8.08. The molecule has 8 heteroatoms. The molecule has 0 fully saturated rings. The van der Waals surface area contributed by atoms with Crippen molar-refractivity contribution in [1.82, 2.24) is 9.71 Å². The van der Waals surface area contributed by atoms with Crippen molar-refractivity contribution in [2.75, 3.05) is 5.73 Å². The molecule has 0 saturated heterocycles. The molecule has 0 aliphatic heterocycles. The van der Waals surface area contributed by atoms with Crippen molar-refractivity contribution in [3.63, 3.8) is 0 Å². The summed E-state index contributed by atoms with van der Waals surface area (Å²) in [6, 6.07) is 3.25. The lowest BCUT2D eigenvalue weighted by Crippen LogP contribution is -2.22. The van der Waals surface area contributed by atoms with Gasteiger partial charge in [-0.3, -0.25) is 0 Å². The normalized spacial score (nSPS) is 11.8. The minimum absolute atomic E-state index is 0.161. The summed E-state index contributed by atoms with van der Waals surface area (Å²) in [6.45, 7) is 0.161. The number of thiazole rings is 1. The van der Waals surface area contributed by atoms with E-state index in [1.54, 1.807) is 22.9 Å². The molecule has 0 amide bonds. The minimum atomic E-state index is -3.41. The number of nitrogens with one attached hydrogen (secondary N) is 1. The van der Waals surface area contributed by atoms with Crippen molar-refractivity contribution in [3.8, 4) is 0 Å². The van der Waals surface area contributed by atoms with Crippen LogP contribution in [0.15, 0.2) is 27.1 Å². The van der Waals surface area contributed by atoms with Crippen LogP contribution in [0.2, 0.25) is 0 Å². The second kappa shape index (κ2) is 4.50. The molecule has 2 heterocycles. The third kappa shape index (κ3) is 2.59. The Bertz CT molecular complexity index is 559. The molecule has 0 atom stereocenters. The summed E-state index contributed by atoms with van der Waals surface area (Å²) < 4.78 is 26.2. The molecular formula is C8H9N3O2S3. The van der Waals surface area contributed by atoms with E-state index in [-0.39, 0.29) is 6.54 Å². The molecule has 0 spiro atoms. The Labute approximate surface area is 101 Å². The molecule has 16 heavy (non-hydrogen) atoms. The van der Waals surface area contributed by atoms with Gasteiger partial charge in [0.15, 0.2) is 5.13 Å². The van der Waals surface area contributed by atoms with E-state index < -0.39 is 10.0 Å². The Morgan fingerprint density at radius 2 is 2.25 bits per heavy atom. The van der Waals surface area contributed by atoms with E-state index in [1.807, 2.05) is 0 Å². The molecule has 2 aromatic heterocycles. The van der Waals surface area contributed by atoms with Gasteiger partial charge in [-0.2, -0.15) is 0 Å². The number of sulfonamides is 1. The molecule has 0 aliphatic rings. The highest BCUT2D eigenvalue weighted by Gasteiger charge is 2.14. The Hall–Kier alpha value is -0.960. The van der Waals surface area contributed by atoms with E-state index in [1.165, 1.54) is 22.7 Å². The molecule has 5 nitrogen and oxygen atoms in total. The van der Waals surface area contributed by atoms with Gasteiger partial charge >= 0.3 is 0 Å². The number of hydrogen-bond donors (Lipinski definition) is 2. The van der Waals surface area contributed by atoms with Crippen LogP contribution in [-0.2, 0) is 16.6 Å². The maximum absolute atomic E-state index is 11.7. The molecule has 0 aliphatic carbocycles. The van der Waals surface area contributed by atoms with Crippen LogP contribution in [0.1, 0.15) is 5.69 Å². The third-order valence-corrected chi connectivity index (χ3v) is 5.29. The first kappa shape index (κ1) is 11.5. The standard InChI is InChI=1S/C8H9N3O2S3/c9-8-11-6(5-15-8)4-10-16(12,13)7-2-1-3-14-7/h1-3,5,10H,4H2,(H2,9,11). The predicted molar refractivity (Wildman–Crippen MR) is 64.9 cm³/mol. The molecule has 2 aromatic rings. The van der Waals surface area contributed by atoms with E-state index in [4.69, 9.17) is 5.73 Å². The van der Waals surface area contributed by atoms with Crippen molar-refractivity contribution >= 4 is 37.8 Å². The summed E-state index contributed by atoms with van der Waals surface area (Å²) in [4.78, 5) is 3.97. The minimum Gasteiger partial charge on any atom is -0.375 e. The third-order valence-electron chi connectivity index (χ3n) is 1.77. The summed E-state index contributed by atoms with van der Waals surface area (Å²) in [6.07, 6.45) is 0. The van der Waals surface area contributed by atoms with E-state index in [0.717, 1.165) is 0 Å². The topological polar surface area (TPSA) is 85.1 Å². The van der Waals surface area contributed by atoms with E-state index >= 15 is 0 Å². The Balaban J connectivity index is 2.06. The molecule has 0 aromatic carbocycles. The molecule has 3 N–H and O–H groups in total. The first-order valence-electron chi connectivity index (χ1n) is 4.31. The highest BCUT2D eigenvalue weighted by atomic mass is 32.2. The molecule has 0 saturated carbocycles. The van der Waals surface area contributed by atoms with Gasteiger partial charge in [0.2, 0.25) is 10.0 Å². The van der Waals surface area contributed by atoms with Crippen molar-refractivity contribution in [1.29, 1.82) is 0 Å². The molecule has 86 valence electrons. The fraction of sp³-hybridized carbons (Fsp3) is 0.125. The van der Waals surface area contributed by atoms with E-state index in [0.29, 0.717) is 15.0 Å². The number of nitrogen functional groups attached to an aromatic ring is 1. The number of nitrogens with zero attached hydrogens (tertiary/aromatic N) is 1. The lowest BCUT2D eigenvalue weighted by Gasteiger charge is -2.01. The quantitative estimate of drug-likeness (QED) is 0.880. The van der Waals surface area contributed by atoms with Gasteiger partial charge in [-0.05, 0) is 11.4 Å². The first-order valence-corrected chi connectivity index (χ1v) is 7.55. The Morgan fingerprint density at radius 3 is 2.81 bits per heavy atom. The van der Waals surface area contributed by atoms with Crippen LogP contribution in [0.3, 0.4) is 0 Å². The average Bonchev–Trinajstić information content (AvgIpc) is 2.85. The second-order valence-corrected chi connectivity index (χ2v) is 6.76. The summed E-state index contributed by atoms with van der Waals surface area (Å²) in [5.74, 6) is 0. The van der Waals surface area contributed by atoms with Gasteiger partial charge in [-0.1, -0.05) is 6.07 Å². The van der Waals surface area contributed by atoms with Crippen LogP contribution in [0, 0.1) is 0 Å². The smallest absolute Gasteiger partial charge is 0.250 e. The van der Waals surface area contributed by atoms with Crippen LogP contribution in [0.5, 0.6) is 0 Å². The van der Waals surface area contributed by atoms with Crippen LogP contribution >= 0.6 is 22.7 Å². The van der Waals surface area contributed by atoms with Crippen LogP contribution in [0.25, 0.3) is 0 Å². The summed E-state index contributed by atoms with van der Waals surface area (Å²) >= 11 is 2.46. The van der Waals surface area contributed by atoms with Crippen LogP contribution in [-0.4, -0.2) is 13.4 Å². The van der Waals surface area contributed by atoms with Crippen LogP contribution in [0.4, 0.5) is 5.13 Å². The number of nitrogens with two attached hydrogens (primary N) is 1. The average molecular weight is 275 g/mol. The fourth-order valence-corrected chi connectivity index (χ4v) is 3.66.